The van der Waals surface area contributed by atoms with Gasteiger partial charge in [-0.1, -0.05) is 0 Å². The lowest BCUT2D eigenvalue weighted by molar-refractivity contribution is -0.151. The normalized spacial score (nSPS) is 25.3. The maximum atomic E-state index is 11.0. The second-order valence-corrected chi connectivity index (χ2v) is 2.56. The van der Waals surface area contributed by atoms with E-state index in [0.717, 1.165) is 4.81 Å². The highest BCUT2D eigenvalue weighted by molar-refractivity contribution is 6.17. The number of hydrogen-bond donors (Lipinski definition) is 1. The maximum Gasteiger partial charge on any atom is 0.316 e. The zero-order valence-electron chi connectivity index (χ0n) is 5.99. The molecule has 0 aromatic carbocycles. The quantitative estimate of drug-likeness (QED) is 0.403. The standard InChI is InChI=1S/C6H8BNO3/c7-8-3-1-2-4(5(8)9)6(10)11/h4H,1-3H2,(H,10,11). The van der Waals surface area contributed by atoms with E-state index in [2.05, 4.69) is 0 Å². The Hall–Kier alpha value is -0.995. The van der Waals surface area contributed by atoms with Gasteiger partial charge < -0.3 is 9.92 Å². The third kappa shape index (κ3) is 1.53. The molecule has 4 nitrogen and oxygen atoms in total. The summed E-state index contributed by atoms with van der Waals surface area (Å²) >= 11 is 0. The summed E-state index contributed by atoms with van der Waals surface area (Å²) in [5.41, 5.74) is 0. The van der Waals surface area contributed by atoms with Crippen LogP contribution in [0.1, 0.15) is 12.8 Å². The van der Waals surface area contributed by atoms with Gasteiger partial charge in [0.05, 0.1) is 0 Å². The number of carbonyl (C=O) groups excluding carboxylic acids is 1. The minimum atomic E-state index is -1.08. The molecule has 0 aromatic heterocycles. The van der Waals surface area contributed by atoms with Crippen molar-refractivity contribution >= 4 is 19.9 Å². The predicted molar refractivity (Wildman–Crippen MR) is 37.8 cm³/mol. The zero-order chi connectivity index (χ0) is 8.43. The van der Waals surface area contributed by atoms with Crippen LogP contribution in [0, 0.1) is 5.92 Å². The Bertz CT molecular complexity index is 194. The second-order valence-electron chi connectivity index (χ2n) is 2.56. The molecule has 0 aliphatic carbocycles. The third-order valence-corrected chi connectivity index (χ3v) is 1.77. The summed E-state index contributed by atoms with van der Waals surface area (Å²) in [5, 5.41) is 8.52. The summed E-state index contributed by atoms with van der Waals surface area (Å²) in [5.74, 6) is -2.48. The fourth-order valence-corrected chi connectivity index (χ4v) is 1.13. The van der Waals surface area contributed by atoms with Crippen molar-refractivity contribution in [3.8, 4) is 0 Å². The third-order valence-electron chi connectivity index (χ3n) is 1.77. The molecule has 58 valence electrons. The average molecular weight is 153 g/mol. The minimum absolute atomic E-state index is 0.405. The first-order valence-electron chi connectivity index (χ1n) is 3.42. The van der Waals surface area contributed by atoms with Crippen LogP contribution in [-0.2, 0) is 9.59 Å². The van der Waals surface area contributed by atoms with E-state index in [4.69, 9.17) is 13.1 Å². The highest BCUT2D eigenvalue weighted by Gasteiger charge is 2.31. The van der Waals surface area contributed by atoms with Gasteiger partial charge in [-0.05, 0) is 12.8 Å². The largest absolute Gasteiger partial charge is 0.481 e. The molecule has 1 saturated heterocycles. The second kappa shape index (κ2) is 2.94. The van der Waals surface area contributed by atoms with Crippen LogP contribution in [0.2, 0.25) is 0 Å². The van der Waals surface area contributed by atoms with E-state index < -0.39 is 17.8 Å². The Morgan fingerprint density at radius 3 is 2.82 bits per heavy atom. The number of rotatable bonds is 1. The monoisotopic (exact) mass is 153 g/mol. The van der Waals surface area contributed by atoms with Crippen LogP contribution in [0.5, 0.6) is 0 Å². The minimum Gasteiger partial charge on any atom is -0.481 e. The molecule has 11 heavy (non-hydrogen) atoms. The van der Waals surface area contributed by atoms with Crippen LogP contribution in [-0.4, -0.2) is 36.3 Å². The molecule has 0 aromatic rings. The molecule has 1 heterocycles. The van der Waals surface area contributed by atoms with Crippen molar-refractivity contribution in [3.63, 3.8) is 0 Å². The van der Waals surface area contributed by atoms with Crippen molar-refractivity contribution < 1.29 is 14.7 Å². The molecule has 2 radical (unpaired) electrons. The molecule has 5 heteroatoms. The van der Waals surface area contributed by atoms with Gasteiger partial charge in [0.25, 0.3) is 0 Å². The maximum absolute atomic E-state index is 11.0. The Morgan fingerprint density at radius 1 is 1.73 bits per heavy atom. The Balaban J connectivity index is 2.66. The van der Waals surface area contributed by atoms with E-state index >= 15 is 0 Å². The molecule has 1 N–H and O–H groups in total. The highest BCUT2D eigenvalue weighted by Crippen LogP contribution is 2.15. The molecular weight excluding hydrogens is 145 g/mol. The van der Waals surface area contributed by atoms with Crippen LogP contribution < -0.4 is 0 Å². The van der Waals surface area contributed by atoms with E-state index in [-0.39, 0.29) is 0 Å². The van der Waals surface area contributed by atoms with Crippen LogP contribution in [0.25, 0.3) is 0 Å². The zero-order valence-corrected chi connectivity index (χ0v) is 5.99. The van der Waals surface area contributed by atoms with E-state index in [1.165, 1.54) is 0 Å². The van der Waals surface area contributed by atoms with Crippen molar-refractivity contribution in [3.05, 3.63) is 0 Å². The fraction of sp³-hybridized carbons (Fsp3) is 0.667. The number of carbonyl (C=O) groups is 2. The van der Waals surface area contributed by atoms with E-state index in [1.54, 1.807) is 0 Å². The summed E-state index contributed by atoms with van der Waals surface area (Å²) < 4.78 is 0. The molecule has 0 spiro atoms. The van der Waals surface area contributed by atoms with Gasteiger partial charge in [0, 0.05) is 6.54 Å². The van der Waals surface area contributed by atoms with Gasteiger partial charge in [0.15, 0.2) is 0 Å². The molecule has 1 atom stereocenters. The SMILES string of the molecule is [B]N1CCCC(C(=O)O)C1=O. The summed E-state index contributed by atoms with van der Waals surface area (Å²) in [6, 6.07) is 0. The predicted octanol–water partition coefficient (Wildman–Crippen LogP) is -0.607. The Kier molecular flexibility index (Phi) is 2.17. The van der Waals surface area contributed by atoms with Gasteiger partial charge in [-0.25, -0.2) is 0 Å². The molecule has 1 aliphatic rings. The summed E-state index contributed by atoms with van der Waals surface area (Å²) in [7, 11) is 5.23. The lowest BCUT2D eigenvalue weighted by Crippen LogP contribution is -2.42. The fourth-order valence-electron chi connectivity index (χ4n) is 1.13. The summed E-state index contributed by atoms with van der Waals surface area (Å²) in [4.78, 5) is 22.4. The number of nitrogens with zero attached hydrogens (tertiary/aromatic N) is 1. The Morgan fingerprint density at radius 2 is 2.36 bits per heavy atom. The molecule has 1 unspecified atom stereocenters. The first kappa shape index (κ1) is 8.10. The molecule has 1 fully saturated rings. The average Bonchev–Trinajstić information content (AvgIpc) is 1.94. The topological polar surface area (TPSA) is 57.6 Å². The first-order chi connectivity index (χ1) is 5.13. The first-order valence-corrected chi connectivity index (χ1v) is 3.42. The van der Waals surface area contributed by atoms with E-state index in [0.29, 0.717) is 19.4 Å². The molecular formula is C6H8BNO3. The highest BCUT2D eigenvalue weighted by atomic mass is 16.4. The van der Waals surface area contributed by atoms with Crippen molar-refractivity contribution in [1.82, 2.24) is 4.81 Å². The van der Waals surface area contributed by atoms with Crippen molar-refractivity contribution in [1.29, 1.82) is 0 Å². The number of aliphatic carboxylic acids is 1. The van der Waals surface area contributed by atoms with E-state index in [9.17, 15) is 9.59 Å². The van der Waals surface area contributed by atoms with Gasteiger partial charge >= 0.3 is 5.97 Å². The number of carboxylic acids is 1. The van der Waals surface area contributed by atoms with Crippen LogP contribution in [0.3, 0.4) is 0 Å². The van der Waals surface area contributed by atoms with Gasteiger partial charge in [-0.3, -0.25) is 9.59 Å². The summed E-state index contributed by atoms with van der Waals surface area (Å²) in [6.07, 6.45) is 1.07. The molecule has 1 rings (SSSR count). The van der Waals surface area contributed by atoms with Gasteiger partial charge in [0.2, 0.25) is 13.9 Å². The molecule has 0 saturated carbocycles. The lowest BCUT2D eigenvalue weighted by Gasteiger charge is -2.27. The molecule has 0 bridgehead atoms. The number of carboxylic acid groups (broad SMARTS) is 1. The van der Waals surface area contributed by atoms with E-state index in [1.807, 2.05) is 0 Å². The van der Waals surface area contributed by atoms with Crippen LogP contribution in [0.15, 0.2) is 0 Å². The smallest absolute Gasteiger partial charge is 0.316 e. The van der Waals surface area contributed by atoms with Gasteiger partial charge in [-0.15, -0.1) is 0 Å². The number of piperidine rings is 1. The summed E-state index contributed by atoms with van der Waals surface area (Å²) in [6.45, 7) is 0.461. The van der Waals surface area contributed by atoms with Gasteiger partial charge in [0.1, 0.15) is 5.92 Å². The van der Waals surface area contributed by atoms with Crippen molar-refractivity contribution in [2.24, 2.45) is 5.92 Å². The lowest BCUT2D eigenvalue weighted by atomic mass is 9.95. The number of amides is 1. The van der Waals surface area contributed by atoms with Crippen molar-refractivity contribution in [2.75, 3.05) is 6.54 Å². The van der Waals surface area contributed by atoms with Crippen molar-refractivity contribution in [2.45, 2.75) is 12.8 Å². The molecule has 1 aliphatic heterocycles. The number of hydrogen-bond acceptors (Lipinski definition) is 2. The molecule has 1 amide bonds. The van der Waals surface area contributed by atoms with Crippen LogP contribution >= 0.6 is 0 Å². The van der Waals surface area contributed by atoms with Gasteiger partial charge in [-0.2, -0.15) is 0 Å². The Labute approximate surface area is 65.6 Å². The van der Waals surface area contributed by atoms with Crippen LogP contribution in [0.4, 0.5) is 0 Å².